The zero-order valence-electron chi connectivity index (χ0n) is 15.5. The van der Waals surface area contributed by atoms with Gasteiger partial charge in [-0.25, -0.2) is 4.79 Å². The van der Waals surface area contributed by atoms with Crippen molar-refractivity contribution in [1.82, 2.24) is 10.3 Å². The van der Waals surface area contributed by atoms with E-state index < -0.39 is 18.5 Å². The SMILES string of the molecule is CC(=O)c1c(C)[nH]c(C(=O)OCC(=O)N[C@@H]2CCOc3ccccc32)c1C. The molecule has 7 nitrogen and oxygen atoms in total. The molecule has 0 saturated carbocycles. The van der Waals surface area contributed by atoms with E-state index in [4.69, 9.17) is 9.47 Å². The number of fused-ring (bicyclic) bond motifs is 1. The van der Waals surface area contributed by atoms with Crippen LogP contribution in [0.2, 0.25) is 0 Å². The van der Waals surface area contributed by atoms with E-state index in [2.05, 4.69) is 10.3 Å². The van der Waals surface area contributed by atoms with Crippen LogP contribution in [0.25, 0.3) is 0 Å². The number of hydrogen-bond acceptors (Lipinski definition) is 5. The van der Waals surface area contributed by atoms with Gasteiger partial charge in [0.05, 0.1) is 12.6 Å². The molecule has 142 valence electrons. The summed E-state index contributed by atoms with van der Waals surface area (Å²) >= 11 is 0. The number of H-pyrrole nitrogens is 1. The number of para-hydroxylation sites is 1. The van der Waals surface area contributed by atoms with Gasteiger partial charge in [0, 0.05) is 23.2 Å². The summed E-state index contributed by atoms with van der Waals surface area (Å²) in [5, 5.41) is 2.87. The third-order valence-electron chi connectivity index (χ3n) is 4.62. The molecule has 1 aliphatic heterocycles. The van der Waals surface area contributed by atoms with Gasteiger partial charge in [0.15, 0.2) is 12.4 Å². The van der Waals surface area contributed by atoms with Crippen LogP contribution in [-0.2, 0) is 9.53 Å². The maximum Gasteiger partial charge on any atom is 0.355 e. The second-order valence-corrected chi connectivity index (χ2v) is 6.55. The van der Waals surface area contributed by atoms with Gasteiger partial charge >= 0.3 is 5.97 Å². The molecule has 2 heterocycles. The zero-order chi connectivity index (χ0) is 19.6. The van der Waals surface area contributed by atoms with E-state index in [1.165, 1.54) is 6.92 Å². The van der Waals surface area contributed by atoms with Crippen molar-refractivity contribution in [3.8, 4) is 5.75 Å². The fourth-order valence-electron chi connectivity index (χ4n) is 3.41. The molecular formula is C20H22N2O5. The minimum atomic E-state index is -0.661. The maximum atomic E-state index is 12.3. The lowest BCUT2D eigenvalue weighted by Crippen LogP contribution is -2.35. The number of carbonyl (C=O) groups is 3. The highest BCUT2D eigenvalue weighted by molar-refractivity contribution is 6.01. The van der Waals surface area contributed by atoms with Crippen LogP contribution in [0.3, 0.4) is 0 Å². The topological polar surface area (TPSA) is 97.5 Å². The number of nitrogens with one attached hydrogen (secondary N) is 2. The number of aromatic nitrogens is 1. The molecule has 0 radical (unpaired) electrons. The second-order valence-electron chi connectivity index (χ2n) is 6.55. The summed E-state index contributed by atoms with van der Waals surface area (Å²) < 4.78 is 10.7. The van der Waals surface area contributed by atoms with Crippen molar-refractivity contribution in [3.63, 3.8) is 0 Å². The van der Waals surface area contributed by atoms with Crippen LogP contribution in [0.5, 0.6) is 5.75 Å². The Bertz CT molecular complexity index is 900. The average molecular weight is 370 g/mol. The van der Waals surface area contributed by atoms with Crippen LogP contribution in [0.1, 0.15) is 57.1 Å². The van der Waals surface area contributed by atoms with Gasteiger partial charge in [-0.05, 0) is 32.4 Å². The number of esters is 1. The number of benzene rings is 1. The molecule has 0 saturated heterocycles. The first kappa shape index (κ1) is 18.7. The quantitative estimate of drug-likeness (QED) is 0.623. The van der Waals surface area contributed by atoms with Gasteiger partial charge in [0.1, 0.15) is 11.4 Å². The molecule has 0 fully saturated rings. The van der Waals surface area contributed by atoms with Crippen LogP contribution in [0.15, 0.2) is 24.3 Å². The van der Waals surface area contributed by atoms with Gasteiger partial charge in [-0.2, -0.15) is 0 Å². The maximum absolute atomic E-state index is 12.3. The number of carbonyl (C=O) groups excluding carboxylic acids is 3. The predicted molar refractivity (Wildman–Crippen MR) is 98.0 cm³/mol. The Kier molecular flexibility index (Phi) is 5.30. The summed E-state index contributed by atoms with van der Waals surface area (Å²) in [5.74, 6) is -0.431. The van der Waals surface area contributed by atoms with Gasteiger partial charge in [-0.3, -0.25) is 9.59 Å². The Morgan fingerprint density at radius 3 is 2.70 bits per heavy atom. The van der Waals surface area contributed by atoms with Crippen molar-refractivity contribution in [2.75, 3.05) is 13.2 Å². The molecule has 0 bridgehead atoms. The minimum Gasteiger partial charge on any atom is -0.493 e. The van der Waals surface area contributed by atoms with Crippen molar-refractivity contribution in [2.45, 2.75) is 33.2 Å². The van der Waals surface area contributed by atoms with Gasteiger partial charge in [-0.1, -0.05) is 18.2 Å². The van der Waals surface area contributed by atoms with Crippen molar-refractivity contribution in [2.24, 2.45) is 0 Å². The number of amides is 1. The fraction of sp³-hybridized carbons (Fsp3) is 0.350. The monoisotopic (exact) mass is 370 g/mol. The first-order chi connectivity index (χ1) is 12.9. The van der Waals surface area contributed by atoms with Crippen LogP contribution in [-0.4, -0.2) is 35.9 Å². The van der Waals surface area contributed by atoms with E-state index in [1.54, 1.807) is 13.8 Å². The zero-order valence-corrected chi connectivity index (χ0v) is 15.5. The largest absolute Gasteiger partial charge is 0.493 e. The van der Waals surface area contributed by atoms with E-state index in [0.717, 1.165) is 11.3 Å². The summed E-state index contributed by atoms with van der Waals surface area (Å²) in [5.41, 5.74) is 2.72. The Hall–Kier alpha value is -3.09. The average Bonchev–Trinajstić information content (AvgIpc) is 2.94. The molecule has 2 N–H and O–H groups in total. The van der Waals surface area contributed by atoms with Crippen LogP contribution in [0.4, 0.5) is 0 Å². The molecule has 1 aromatic heterocycles. The number of ketones is 1. The summed E-state index contributed by atoms with van der Waals surface area (Å²) in [4.78, 5) is 39.0. The molecule has 1 atom stereocenters. The predicted octanol–water partition coefficient (Wildman–Crippen LogP) is 2.63. The van der Waals surface area contributed by atoms with E-state index >= 15 is 0 Å². The Morgan fingerprint density at radius 2 is 2.00 bits per heavy atom. The normalized spacial score (nSPS) is 15.4. The smallest absolute Gasteiger partial charge is 0.355 e. The third kappa shape index (κ3) is 3.86. The molecule has 1 aromatic carbocycles. The second kappa shape index (κ2) is 7.65. The van der Waals surface area contributed by atoms with Gasteiger partial charge < -0.3 is 19.8 Å². The molecule has 2 aromatic rings. The minimum absolute atomic E-state index is 0.128. The summed E-state index contributed by atoms with van der Waals surface area (Å²) in [6.45, 7) is 4.95. The van der Waals surface area contributed by atoms with E-state index in [1.807, 2.05) is 24.3 Å². The Balaban J connectivity index is 1.61. The van der Waals surface area contributed by atoms with Crippen LogP contribution in [0, 0.1) is 13.8 Å². The fourth-order valence-corrected chi connectivity index (χ4v) is 3.41. The molecule has 0 spiro atoms. The highest BCUT2D eigenvalue weighted by Crippen LogP contribution is 2.31. The molecular weight excluding hydrogens is 348 g/mol. The van der Waals surface area contributed by atoms with Gasteiger partial charge in [0.25, 0.3) is 5.91 Å². The molecule has 1 aliphatic rings. The van der Waals surface area contributed by atoms with E-state index in [0.29, 0.717) is 29.8 Å². The third-order valence-corrected chi connectivity index (χ3v) is 4.62. The molecule has 1 amide bonds. The summed E-state index contributed by atoms with van der Waals surface area (Å²) in [7, 11) is 0. The lowest BCUT2D eigenvalue weighted by atomic mass is 10.0. The molecule has 27 heavy (non-hydrogen) atoms. The van der Waals surface area contributed by atoms with Crippen molar-refractivity contribution >= 4 is 17.7 Å². The van der Waals surface area contributed by atoms with Crippen LogP contribution >= 0.6 is 0 Å². The van der Waals surface area contributed by atoms with E-state index in [-0.39, 0.29) is 17.5 Å². The molecule has 7 heteroatoms. The Labute approximate surface area is 157 Å². The standard InChI is InChI=1S/C20H22N2O5/c1-11-18(13(3)23)12(2)21-19(11)20(25)27-10-17(24)22-15-8-9-26-16-7-5-4-6-14(15)16/h4-7,15,21H,8-10H2,1-3H3,(H,22,24)/t15-/m1/s1. The lowest BCUT2D eigenvalue weighted by molar-refractivity contribution is -0.125. The van der Waals surface area contributed by atoms with Crippen molar-refractivity contribution in [3.05, 3.63) is 52.3 Å². The lowest BCUT2D eigenvalue weighted by Gasteiger charge is -2.26. The van der Waals surface area contributed by atoms with Crippen LogP contribution < -0.4 is 10.1 Å². The molecule has 3 rings (SSSR count). The number of rotatable bonds is 5. The molecule has 0 aliphatic carbocycles. The number of aromatic amines is 1. The highest BCUT2D eigenvalue weighted by atomic mass is 16.5. The first-order valence-corrected chi connectivity index (χ1v) is 8.76. The number of ether oxygens (including phenoxy) is 2. The summed E-state index contributed by atoms with van der Waals surface area (Å²) in [6.07, 6.45) is 0.646. The highest BCUT2D eigenvalue weighted by Gasteiger charge is 2.24. The number of aryl methyl sites for hydroxylation is 1. The van der Waals surface area contributed by atoms with Gasteiger partial charge in [0.2, 0.25) is 0 Å². The molecule has 0 unspecified atom stereocenters. The first-order valence-electron chi connectivity index (χ1n) is 8.76. The number of hydrogen-bond donors (Lipinski definition) is 2. The summed E-state index contributed by atoms with van der Waals surface area (Å²) in [6, 6.07) is 7.34. The van der Waals surface area contributed by atoms with Crippen molar-refractivity contribution in [1.29, 1.82) is 0 Å². The van der Waals surface area contributed by atoms with Crippen molar-refractivity contribution < 1.29 is 23.9 Å². The number of Topliss-reactive ketones (excluding diaryl/α,β-unsaturated/α-hetero) is 1. The van der Waals surface area contributed by atoms with E-state index in [9.17, 15) is 14.4 Å². The Morgan fingerprint density at radius 1 is 1.26 bits per heavy atom. The van der Waals surface area contributed by atoms with Gasteiger partial charge in [-0.15, -0.1) is 0 Å².